The van der Waals surface area contributed by atoms with E-state index in [1.807, 2.05) is 41.3 Å². The lowest BCUT2D eigenvalue weighted by molar-refractivity contribution is 0.0672. The van der Waals surface area contributed by atoms with Crippen LogP contribution in [0.25, 0.3) is 11.5 Å². The van der Waals surface area contributed by atoms with Crippen molar-refractivity contribution in [1.29, 1.82) is 0 Å². The Morgan fingerprint density at radius 3 is 2.77 bits per heavy atom. The highest BCUT2D eigenvalue weighted by Crippen LogP contribution is 2.25. The van der Waals surface area contributed by atoms with Gasteiger partial charge in [0.25, 0.3) is 5.91 Å². The standard InChI is InChI=1S/C27H28N6O2/c1-35-24-7-3-2-6-20(24)16-22-9-8-21(17-32-22)27(34)33-14-4-5-19(18-33)15-23-25(29-11-10-28-23)26-30-12-13-31-26/h2-3,6-13,17,19H,4-5,14-16,18H2,1H3,(H,30,31)/t19-/m0/s1. The molecule has 0 aliphatic carbocycles. The number of ether oxygens (including phenoxy) is 1. The van der Waals surface area contributed by atoms with Crippen molar-refractivity contribution < 1.29 is 9.53 Å². The van der Waals surface area contributed by atoms with E-state index in [1.54, 1.807) is 38.1 Å². The van der Waals surface area contributed by atoms with Crippen LogP contribution in [-0.4, -0.2) is 55.9 Å². The van der Waals surface area contributed by atoms with Crippen LogP contribution in [0.15, 0.2) is 67.4 Å². The first-order chi connectivity index (χ1) is 17.2. The number of rotatable bonds is 7. The number of pyridine rings is 1. The van der Waals surface area contributed by atoms with Gasteiger partial charge in [-0.2, -0.15) is 0 Å². The first-order valence-corrected chi connectivity index (χ1v) is 11.9. The number of para-hydroxylation sites is 1. The largest absolute Gasteiger partial charge is 0.496 e. The lowest BCUT2D eigenvalue weighted by Crippen LogP contribution is -2.40. The Bertz CT molecular complexity index is 1270. The Morgan fingerprint density at radius 2 is 1.97 bits per heavy atom. The molecule has 0 bridgehead atoms. The second-order valence-electron chi connectivity index (χ2n) is 8.78. The van der Waals surface area contributed by atoms with Gasteiger partial charge in [-0.05, 0) is 43.4 Å². The van der Waals surface area contributed by atoms with Crippen LogP contribution in [0.1, 0.15) is 40.2 Å². The predicted octanol–water partition coefficient (Wildman–Crippen LogP) is 3.96. The lowest BCUT2D eigenvalue weighted by Gasteiger charge is -2.33. The van der Waals surface area contributed by atoms with Crippen molar-refractivity contribution in [2.45, 2.75) is 25.7 Å². The summed E-state index contributed by atoms with van der Waals surface area (Å²) in [5, 5.41) is 0. The number of aromatic nitrogens is 5. The molecule has 35 heavy (non-hydrogen) atoms. The Kier molecular flexibility index (Phi) is 6.79. The second kappa shape index (κ2) is 10.5. The van der Waals surface area contributed by atoms with E-state index in [9.17, 15) is 4.79 Å². The number of piperidine rings is 1. The Labute approximate surface area is 204 Å². The molecule has 8 heteroatoms. The minimum atomic E-state index is 0.0245. The van der Waals surface area contributed by atoms with Gasteiger partial charge in [-0.25, -0.2) is 9.97 Å². The molecule has 1 fully saturated rings. The number of hydrogen-bond acceptors (Lipinski definition) is 6. The maximum atomic E-state index is 13.2. The molecule has 1 aliphatic rings. The number of methoxy groups -OCH3 is 1. The maximum absolute atomic E-state index is 13.2. The number of aromatic amines is 1. The van der Waals surface area contributed by atoms with Gasteiger partial charge in [0, 0.05) is 61.8 Å². The normalized spacial score (nSPS) is 15.7. The summed E-state index contributed by atoms with van der Waals surface area (Å²) >= 11 is 0. The van der Waals surface area contributed by atoms with Gasteiger partial charge in [0.1, 0.15) is 11.4 Å². The molecule has 0 spiro atoms. The molecule has 4 heterocycles. The fraction of sp³-hybridized carbons (Fsp3) is 0.296. The Balaban J connectivity index is 1.24. The van der Waals surface area contributed by atoms with Crippen LogP contribution < -0.4 is 4.74 Å². The van der Waals surface area contributed by atoms with E-state index in [0.717, 1.165) is 60.0 Å². The second-order valence-corrected chi connectivity index (χ2v) is 8.78. The number of H-pyrrole nitrogens is 1. The molecule has 1 aliphatic heterocycles. The van der Waals surface area contributed by atoms with Gasteiger partial charge in [-0.15, -0.1) is 0 Å². The summed E-state index contributed by atoms with van der Waals surface area (Å²) in [6.07, 6.45) is 12.0. The minimum absolute atomic E-state index is 0.0245. The molecule has 0 radical (unpaired) electrons. The molecule has 1 N–H and O–H groups in total. The number of nitrogens with one attached hydrogen (secondary N) is 1. The summed E-state index contributed by atoms with van der Waals surface area (Å²) in [6.45, 7) is 1.44. The number of amides is 1. The molecule has 0 unspecified atom stereocenters. The van der Waals surface area contributed by atoms with E-state index >= 15 is 0 Å². The molecule has 1 amide bonds. The summed E-state index contributed by atoms with van der Waals surface area (Å²) in [5.41, 5.74) is 4.26. The van der Waals surface area contributed by atoms with Gasteiger partial charge in [0.15, 0.2) is 5.82 Å². The molecule has 1 atom stereocenters. The van der Waals surface area contributed by atoms with E-state index in [4.69, 9.17) is 4.74 Å². The van der Waals surface area contributed by atoms with Gasteiger partial charge >= 0.3 is 0 Å². The zero-order valence-electron chi connectivity index (χ0n) is 19.7. The van der Waals surface area contributed by atoms with Crippen molar-refractivity contribution in [2.75, 3.05) is 20.2 Å². The third-order valence-electron chi connectivity index (χ3n) is 6.42. The molecule has 1 saturated heterocycles. The number of imidazole rings is 1. The summed E-state index contributed by atoms with van der Waals surface area (Å²) in [5.74, 6) is 1.90. The zero-order chi connectivity index (χ0) is 24.0. The summed E-state index contributed by atoms with van der Waals surface area (Å²) < 4.78 is 5.44. The minimum Gasteiger partial charge on any atom is -0.496 e. The molecule has 3 aromatic heterocycles. The van der Waals surface area contributed by atoms with Crippen molar-refractivity contribution in [1.82, 2.24) is 29.8 Å². The highest BCUT2D eigenvalue weighted by molar-refractivity contribution is 5.94. The lowest BCUT2D eigenvalue weighted by atomic mass is 9.92. The Morgan fingerprint density at radius 1 is 1.09 bits per heavy atom. The van der Waals surface area contributed by atoms with Crippen molar-refractivity contribution in [3.63, 3.8) is 0 Å². The predicted molar refractivity (Wildman–Crippen MR) is 132 cm³/mol. The SMILES string of the molecule is COc1ccccc1Cc1ccc(C(=O)N2CCC[C@@H](Cc3nccnc3-c3ncc[nH]3)C2)cn1. The van der Waals surface area contributed by atoms with Crippen LogP contribution in [0.2, 0.25) is 0 Å². The first kappa shape index (κ1) is 22.7. The number of carbonyl (C=O) groups excluding carboxylic acids is 1. The summed E-state index contributed by atoms with van der Waals surface area (Å²) in [7, 11) is 1.67. The molecule has 4 aromatic rings. The van der Waals surface area contributed by atoms with E-state index < -0.39 is 0 Å². The van der Waals surface area contributed by atoms with Crippen molar-refractivity contribution in [3.05, 3.63) is 89.9 Å². The van der Waals surface area contributed by atoms with Crippen molar-refractivity contribution in [2.24, 2.45) is 5.92 Å². The third kappa shape index (κ3) is 5.21. The fourth-order valence-corrected chi connectivity index (χ4v) is 4.68. The third-order valence-corrected chi connectivity index (χ3v) is 6.42. The number of carbonyl (C=O) groups is 1. The van der Waals surface area contributed by atoms with Gasteiger partial charge in [-0.3, -0.25) is 14.8 Å². The Hall–Kier alpha value is -4.07. The van der Waals surface area contributed by atoms with E-state index in [-0.39, 0.29) is 5.91 Å². The smallest absolute Gasteiger partial charge is 0.255 e. The summed E-state index contributed by atoms with van der Waals surface area (Å²) in [4.78, 5) is 36.2. The number of nitrogens with zero attached hydrogens (tertiary/aromatic N) is 5. The van der Waals surface area contributed by atoms with Crippen molar-refractivity contribution >= 4 is 5.91 Å². The molecule has 0 saturated carbocycles. The quantitative estimate of drug-likeness (QED) is 0.441. The van der Waals surface area contributed by atoms with E-state index in [0.29, 0.717) is 24.4 Å². The first-order valence-electron chi connectivity index (χ1n) is 11.9. The zero-order valence-corrected chi connectivity index (χ0v) is 19.7. The average molecular weight is 469 g/mol. The topological polar surface area (TPSA) is 96.9 Å². The highest BCUT2D eigenvalue weighted by atomic mass is 16.5. The average Bonchev–Trinajstić information content (AvgIpc) is 3.44. The molecular formula is C27H28N6O2. The van der Waals surface area contributed by atoms with Crippen LogP contribution >= 0.6 is 0 Å². The van der Waals surface area contributed by atoms with Gasteiger partial charge < -0.3 is 14.6 Å². The van der Waals surface area contributed by atoms with Crippen LogP contribution in [0.3, 0.4) is 0 Å². The van der Waals surface area contributed by atoms with Crippen LogP contribution in [-0.2, 0) is 12.8 Å². The maximum Gasteiger partial charge on any atom is 0.255 e. The highest BCUT2D eigenvalue weighted by Gasteiger charge is 2.26. The molecule has 5 rings (SSSR count). The number of benzene rings is 1. The molecule has 8 nitrogen and oxygen atoms in total. The molecular weight excluding hydrogens is 440 g/mol. The van der Waals surface area contributed by atoms with E-state index in [2.05, 4.69) is 24.9 Å². The van der Waals surface area contributed by atoms with Gasteiger partial charge in [0.2, 0.25) is 0 Å². The molecule has 178 valence electrons. The van der Waals surface area contributed by atoms with Crippen LogP contribution in [0.4, 0.5) is 0 Å². The van der Waals surface area contributed by atoms with Crippen LogP contribution in [0.5, 0.6) is 5.75 Å². The van der Waals surface area contributed by atoms with E-state index in [1.165, 1.54) is 0 Å². The number of likely N-dealkylation sites (tertiary alicyclic amines) is 1. The van der Waals surface area contributed by atoms with Gasteiger partial charge in [-0.1, -0.05) is 18.2 Å². The van der Waals surface area contributed by atoms with Crippen molar-refractivity contribution in [3.8, 4) is 17.3 Å². The molecule has 1 aromatic carbocycles. The van der Waals surface area contributed by atoms with Crippen LogP contribution in [0, 0.1) is 5.92 Å². The van der Waals surface area contributed by atoms with Gasteiger partial charge in [0.05, 0.1) is 18.4 Å². The summed E-state index contributed by atoms with van der Waals surface area (Å²) in [6, 6.07) is 11.7. The monoisotopic (exact) mass is 468 g/mol. The number of hydrogen-bond donors (Lipinski definition) is 1. The fourth-order valence-electron chi connectivity index (χ4n) is 4.68.